The summed E-state index contributed by atoms with van der Waals surface area (Å²) < 4.78 is 5.77. The Balaban J connectivity index is 1.26. The van der Waals surface area contributed by atoms with Gasteiger partial charge >= 0.3 is 12.1 Å². The van der Waals surface area contributed by atoms with E-state index in [-0.39, 0.29) is 30.8 Å². The highest BCUT2D eigenvalue weighted by molar-refractivity contribution is 5.93. The third-order valence-corrected chi connectivity index (χ3v) is 9.73. The average molecular weight is 633 g/mol. The molecule has 246 valence electrons. The van der Waals surface area contributed by atoms with E-state index in [2.05, 4.69) is 28.1 Å². The number of benzene rings is 2. The van der Waals surface area contributed by atoms with Gasteiger partial charge in [0.15, 0.2) is 0 Å². The molecular formula is C35H44N4O7. The van der Waals surface area contributed by atoms with Crippen molar-refractivity contribution in [3.8, 4) is 11.1 Å². The Morgan fingerprint density at radius 2 is 1.61 bits per heavy atom. The Morgan fingerprint density at radius 3 is 2.17 bits per heavy atom. The first-order valence-electron chi connectivity index (χ1n) is 16.4. The SMILES string of the molecule is CCC[C@@H](C(=O)N[C@@H](C[C@@H]1CCNC1=O)C(=O)O)N(C)C(=O)C(NC(=O)OCC1c2ccccc2-c2ccccc21)C1CCCC1. The highest BCUT2D eigenvalue weighted by atomic mass is 16.5. The van der Waals surface area contributed by atoms with Crippen LogP contribution in [0.2, 0.25) is 0 Å². The van der Waals surface area contributed by atoms with Crippen LogP contribution in [0.4, 0.5) is 4.79 Å². The van der Waals surface area contributed by atoms with E-state index in [4.69, 9.17) is 4.74 Å². The highest BCUT2D eigenvalue weighted by Crippen LogP contribution is 2.44. The summed E-state index contributed by atoms with van der Waals surface area (Å²) in [6.07, 6.45) is 4.00. The molecule has 2 aliphatic carbocycles. The van der Waals surface area contributed by atoms with Crippen LogP contribution >= 0.6 is 0 Å². The monoisotopic (exact) mass is 632 g/mol. The standard InChI is InChI=1S/C35H44N4O7/c1-3-10-29(32(41)37-28(34(43)44)19-22-17-18-36-31(22)40)39(2)33(42)30(21-11-4-5-12-21)38-35(45)46-20-27-25-15-8-6-13-23(25)24-14-7-9-16-26(24)27/h6-9,13-16,21-22,27-30H,3-5,10-12,17-20H2,1-2H3,(H,36,40)(H,37,41)(H,38,45)(H,43,44)/t22-,28-,29-,30?/m0/s1. The van der Waals surface area contributed by atoms with Gasteiger partial charge in [0, 0.05) is 25.4 Å². The molecule has 11 nitrogen and oxygen atoms in total. The maximum atomic E-state index is 14.0. The van der Waals surface area contributed by atoms with Crippen LogP contribution in [0.25, 0.3) is 11.1 Å². The lowest BCUT2D eigenvalue weighted by Gasteiger charge is -2.33. The number of nitrogens with one attached hydrogen (secondary N) is 3. The molecule has 2 fully saturated rings. The summed E-state index contributed by atoms with van der Waals surface area (Å²) >= 11 is 0. The van der Waals surface area contributed by atoms with Gasteiger partial charge in [-0.05, 0) is 60.3 Å². The summed E-state index contributed by atoms with van der Waals surface area (Å²) in [6.45, 7) is 2.45. The summed E-state index contributed by atoms with van der Waals surface area (Å²) in [4.78, 5) is 66.2. The van der Waals surface area contributed by atoms with Gasteiger partial charge in [0.1, 0.15) is 24.7 Å². The molecule has 4 N–H and O–H groups in total. The second kappa shape index (κ2) is 14.8. The largest absolute Gasteiger partial charge is 0.480 e. The predicted molar refractivity (Wildman–Crippen MR) is 171 cm³/mol. The topological polar surface area (TPSA) is 154 Å². The number of nitrogens with zero attached hydrogens (tertiary/aromatic N) is 1. The molecule has 5 rings (SSSR count). The van der Waals surface area contributed by atoms with Gasteiger partial charge in [-0.15, -0.1) is 0 Å². The molecule has 1 aliphatic heterocycles. The molecular weight excluding hydrogens is 588 g/mol. The summed E-state index contributed by atoms with van der Waals surface area (Å²) in [5.74, 6) is -3.23. The summed E-state index contributed by atoms with van der Waals surface area (Å²) in [6, 6.07) is 13.0. The molecule has 0 radical (unpaired) electrons. The van der Waals surface area contributed by atoms with E-state index in [0.717, 1.165) is 47.9 Å². The Bertz CT molecular complexity index is 1410. The van der Waals surface area contributed by atoms with Crippen molar-refractivity contribution in [2.45, 2.75) is 82.3 Å². The first kappa shape index (κ1) is 33.0. The van der Waals surface area contributed by atoms with E-state index in [9.17, 15) is 29.1 Å². The molecule has 0 bridgehead atoms. The smallest absolute Gasteiger partial charge is 0.407 e. The third-order valence-electron chi connectivity index (χ3n) is 9.73. The first-order chi connectivity index (χ1) is 22.2. The lowest BCUT2D eigenvalue weighted by atomic mass is 9.95. The van der Waals surface area contributed by atoms with E-state index >= 15 is 0 Å². The van der Waals surface area contributed by atoms with Crippen LogP contribution in [0.5, 0.6) is 0 Å². The number of ether oxygens (including phenoxy) is 1. The molecule has 11 heteroatoms. The number of amides is 4. The fourth-order valence-electron chi connectivity index (χ4n) is 7.23. The normalized spacial score (nSPS) is 19.3. The van der Waals surface area contributed by atoms with Crippen LogP contribution in [0, 0.1) is 11.8 Å². The van der Waals surface area contributed by atoms with Crippen molar-refractivity contribution >= 4 is 29.8 Å². The van der Waals surface area contributed by atoms with Crippen LogP contribution in [0.3, 0.4) is 0 Å². The quantitative estimate of drug-likeness (QED) is 0.262. The Morgan fingerprint density at radius 1 is 0.978 bits per heavy atom. The Labute approximate surface area is 269 Å². The minimum atomic E-state index is -1.27. The summed E-state index contributed by atoms with van der Waals surface area (Å²) in [5, 5.41) is 17.9. The van der Waals surface area contributed by atoms with E-state index in [1.54, 1.807) is 0 Å². The fourth-order valence-corrected chi connectivity index (χ4v) is 7.23. The van der Waals surface area contributed by atoms with Crippen molar-refractivity contribution in [1.29, 1.82) is 0 Å². The van der Waals surface area contributed by atoms with E-state index in [1.807, 2.05) is 43.3 Å². The number of alkyl carbamates (subject to hydrolysis) is 1. The van der Waals surface area contributed by atoms with Crippen molar-refractivity contribution in [3.05, 3.63) is 59.7 Å². The van der Waals surface area contributed by atoms with Crippen molar-refractivity contribution < 1.29 is 33.8 Å². The zero-order valence-corrected chi connectivity index (χ0v) is 26.5. The Hall–Kier alpha value is -4.41. The molecule has 0 spiro atoms. The number of hydrogen-bond donors (Lipinski definition) is 4. The van der Waals surface area contributed by atoms with Crippen molar-refractivity contribution in [3.63, 3.8) is 0 Å². The molecule has 46 heavy (non-hydrogen) atoms. The minimum Gasteiger partial charge on any atom is -0.480 e. The van der Waals surface area contributed by atoms with Crippen LogP contribution in [-0.2, 0) is 23.9 Å². The number of carboxylic acids is 1. The molecule has 1 heterocycles. The van der Waals surface area contributed by atoms with Gasteiger partial charge in [0.2, 0.25) is 17.7 Å². The molecule has 2 aromatic carbocycles. The van der Waals surface area contributed by atoms with Gasteiger partial charge in [0.05, 0.1) is 0 Å². The van der Waals surface area contributed by atoms with Crippen LogP contribution in [0.15, 0.2) is 48.5 Å². The zero-order chi connectivity index (χ0) is 32.8. The number of carbonyl (C=O) groups excluding carboxylic acids is 4. The lowest BCUT2D eigenvalue weighted by molar-refractivity contribution is -0.145. The molecule has 2 aromatic rings. The molecule has 3 aliphatic rings. The second-order valence-electron chi connectivity index (χ2n) is 12.7. The third kappa shape index (κ3) is 7.18. The predicted octanol–water partition coefficient (Wildman–Crippen LogP) is 3.81. The van der Waals surface area contributed by atoms with Gasteiger partial charge in [0.25, 0.3) is 0 Å². The van der Waals surface area contributed by atoms with E-state index in [0.29, 0.717) is 25.8 Å². The lowest BCUT2D eigenvalue weighted by Crippen LogP contribution is -2.57. The first-order valence-corrected chi connectivity index (χ1v) is 16.4. The number of carbonyl (C=O) groups is 5. The summed E-state index contributed by atoms with van der Waals surface area (Å²) in [7, 11) is 1.52. The van der Waals surface area contributed by atoms with Crippen molar-refractivity contribution in [1.82, 2.24) is 20.9 Å². The number of rotatable bonds is 13. The minimum absolute atomic E-state index is 0.0303. The number of hydrogen-bond acceptors (Lipinski definition) is 6. The van der Waals surface area contributed by atoms with Crippen LogP contribution in [-0.4, -0.2) is 78.1 Å². The number of carboxylic acid groups (broad SMARTS) is 1. The van der Waals surface area contributed by atoms with E-state index in [1.165, 1.54) is 11.9 Å². The van der Waals surface area contributed by atoms with Crippen LogP contribution in [0.1, 0.15) is 75.3 Å². The van der Waals surface area contributed by atoms with Gasteiger partial charge < -0.3 is 30.7 Å². The molecule has 1 unspecified atom stereocenters. The van der Waals surface area contributed by atoms with Gasteiger partial charge in [-0.25, -0.2) is 9.59 Å². The molecule has 1 saturated carbocycles. The van der Waals surface area contributed by atoms with Gasteiger partial charge in [-0.1, -0.05) is 74.7 Å². The molecule has 4 amide bonds. The number of aliphatic carboxylic acids is 1. The fraction of sp³-hybridized carbons (Fsp3) is 0.514. The number of fused-ring (bicyclic) bond motifs is 3. The van der Waals surface area contributed by atoms with Gasteiger partial charge in [-0.2, -0.15) is 0 Å². The molecule has 4 atom stereocenters. The summed E-state index contributed by atoms with van der Waals surface area (Å²) in [5.41, 5.74) is 4.40. The maximum absolute atomic E-state index is 14.0. The second-order valence-corrected chi connectivity index (χ2v) is 12.7. The maximum Gasteiger partial charge on any atom is 0.407 e. The van der Waals surface area contributed by atoms with Crippen molar-refractivity contribution in [2.75, 3.05) is 20.2 Å². The number of likely N-dealkylation sites (N-methyl/N-ethyl adjacent to an activating group) is 1. The average Bonchev–Trinajstić information content (AvgIpc) is 3.80. The Kier molecular flexibility index (Phi) is 10.6. The molecule has 1 saturated heterocycles. The van der Waals surface area contributed by atoms with Crippen molar-refractivity contribution in [2.24, 2.45) is 11.8 Å². The zero-order valence-electron chi connectivity index (χ0n) is 26.5. The van der Waals surface area contributed by atoms with E-state index < -0.39 is 47.9 Å². The van der Waals surface area contributed by atoms with Gasteiger partial charge in [-0.3, -0.25) is 14.4 Å². The highest BCUT2D eigenvalue weighted by Gasteiger charge is 2.39. The molecule has 0 aromatic heterocycles. The van der Waals surface area contributed by atoms with Crippen LogP contribution < -0.4 is 16.0 Å².